The van der Waals surface area contributed by atoms with Crippen molar-refractivity contribution in [3.8, 4) is 5.75 Å². The monoisotopic (exact) mass is 470 g/mol. The van der Waals surface area contributed by atoms with Crippen LogP contribution in [0.3, 0.4) is 0 Å². The number of methoxy groups -OCH3 is 1. The molecule has 0 saturated carbocycles. The lowest BCUT2D eigenvalue weighted by atomic mass is 9.70. The number of fused-ring (bicyclic) bond motifs is 3. The van der Waals surface area contributed by atoms with Crippen LogP contribution >= 0.6 is 0 Å². The molecule has 4 rings (SSSR count). The quantitative estimate of drug-likeness (QED) is 0.603. The van der Waals surface area contributed by atoms with Crippen molar-refractivity contribution in [2.24, 2.45) is 5.73 Å². The highest BCUT2D eigenvalue weighted by Gasteiger charge is 2.51. The molecule has 0 aromatic heterocycles. The summed E-state index contributed by atoms with van der Waals surface area (Å²) in [5, 5.41) is 2.75. The first-order valence-corrected chi connectivity index (χ1v) is 12.8. The highest BCUT2D eigenvalue weighted by molar-refractivity contribution is 7.92. The summed E-state index contributed by atoms with van der Waals surface area (Å²) in [5.41, 5.74) is 7.79. The third kappa shape index (κ3) is 4.37. The van der Waals surface area contributed by atoms with Gasteiger partial charge >= 0.3 is 0 Å². The zero-order valence-electron chi connectivity index (χ0n) is 18.8. The predicted molar refractivity (Wildman–Crippen MR) is 129 cm³/mol. The van der Waals surface area contributed by atoms with Crippen molar-refractivity contribution >= 4 is 21.4 Å². The van der Waals surface area contributed by atoms with Crippen LogP contribution in [0.1, 0.15) is 34.3 Å². The fraction of sp³-hybridized carbons (Fsp3) is 0.400. The highest BCUT2D eigenvalue weighted by Crippen LogP contribution is 2.44. The minimum Gasteiger partial charge on any atom is -0.490 e. The van der Waals surface area contributed by atoms with Gasteiger partial charge in [-0.3, -0.25) is 4.79 Å². The molecule has 2 aromatic carbocycles. The van der Waals surface area contributed by atoms with E-state index in [9.17, 15) is 13.2 Å². The van der Waals surface area contributed by atoms with E-state index in [4.69, 9.17) is 15.2 Å². The van der Waals surface area contributed by atoms with Crippen molar-refractivity contribution in [1.82, 2.24) is 0 Å². The second-order valence-electron chi connectivity index (χ2n) is 8.72. The normalized spacial score (nSPS) is 22.8. The zero-order chi connectivity index (χ0) is 23.6. The number of sulfone groups is 1. The molecule has 0 saturated heterocycles. The van der Waals surface area contributed by atoms with Gasteiger partial charge in [-0.25, -0.2) is 8.42 Å². The Morgan fingerprint density at radius 1 is 1.36 bits per heavy atom. The maximum Gasteiger partial charge on any atom is 0.248 e. The molecule has 3 N–H and O–H groups in total. The van der Waals surface area contributed by atoms with E-state index < -0.39 is 26.4 Å². The minimum atomic E-state index is -3.50. The summed E-state index contributed by atoms with van der Waals surface area (Å²) in [6, 6.07) is 13.0. The van der Waals surface area contributed by atoms with Crippen molar-refractivity contribution < 1.29 is 22.7 Å². The standard InChI is InChI=1S/C25H30N2O5S/c1-3-19(31-2)12-13-33(29,30)23-11-9-17-6-4-5-7-20(17)25(23)15-27-21-14-18(24(26)28)8-10-22(21)32-16-25/h3-8,10,14,19,23,27H,1,9,11-13,15-16H2,2H3,(H2,26,28)/t19-,23?,25?/m1/s1. The van der Waals surface area contributed by atoms with Gasteiger partial charge < -0.3 is 20.5 Å². The molecule has 7 nitrogen and oxygen atoms in total. The lowest BCUT2D eigenvalue weighted by Gasteiger charge is -2.44. The first-order chi connectivity index (χ1) is 15.8. The van der Waals surface area contributed by atoms with Crippen LogP contribution in [0.2, 0.25) is 0 Å². The first-order valence-electron chi connectivity index (χ1n) is 11.1. The lowest BCUT2D eigenvalue weighted by Crippen LogP contribution is -2.55. The van der Waals surface area contributed by atoms with Gasteiger partial charge in [-0.15, -0.1) is 6.58 Å². The lowest BCUT2D eigenvalue weighted by molar-refractivity contribution is 0.1000. The molecule has 1 aliphatic carbocycles. The molecule has 2 aromatic rings. The third-order valence-corrected chi connectivity index (χ3v) is 9.23. The second kappa shape index (κ2) is 9.19. The average Bonchev–Trinajstić information content (AvgIpc) is 3.00. The van der Waals surface area contributed by atoms with Gasteiger partial charge in [-0.1, -0.05) is 30.3 Å². The number of hydrogen-bond acceptors (Lipinski definition) is 6. The molecule has 2 unspecified atom stereocenters. The van der Waals surface area contributed by atoms with Crippen molar-refractivity contribution in [3.63, 3.8) is 0 Å². The van der Waals surface area contributed by atoms with Gasteiger partial charge in [0.1, 0.15) is 12.4 Å². The van der Waals surface area contributed by atoms with Crippen LogP contribution in [0, 0.1) is 0 Å². The topological polar surface area (TPSA) is 108 Å². The van der Waals surface area contributed by atoms with E-state index in [1.54, 1.807) is 31.4 Å². The van der Waals surface area contributed by atoms with Crippen LogP contribution in [0.15, 0.2) is 55.1 Å². The van der Waals surface area contributed by atoms with Crippen LogP contribution in [0.5, 0.6) is 5.75 Å². The molecule has 0 fully saturated rings. The maximum atomic E-state index is 13.7. The number of nitrogens with two attached hydrogens (primary N) is 1. The van der Waals surface area contributed by atoms with Gasteiger partial charge in [-0.05, 0) is 48.6 Å². The number of primary amides is 1. The highest BCUT2D eigenvalue weighted by atomic mass is 32.2. The van der Waals surface area contributed by atoms with Gasteiger partial charge in [0.2, 0.25) is 5.91 Å². The molecule has 1 spiro atoms. The number of anilines is 1. The smallest absolute Gasteiger partial charge is 0.248 e. The molecule has 176 valence electrons. The number of aryl methyl sites for hydroxylation is 1. The van der Waals surface area contributed by atoms with E-state index in [2.05, 4.69) is 18.0 Å². The summed E-state index contributed by atoms with van der Waals surface area (Å²) in [6.45, 7) is 4.30. The van der Waals surface area contributed by atoms with E-state index in [-0.39, 0.29) is 18.5 Å². The molecule has 2 aliphatic rings. The van der Waals surface area contributed by atoms with Crippen molar-refractivity contribution in [3.05, 3.63) is 71.8 Å². The number of carbonyl (C=O) groups is 1. The molecule has 8 heteroatoms. The summed E-state index contributed by atoms with van der Waals surface area (Å²) < 4.78 is 38.9. The third-order valence-electron chi connectivity index (χ3n) is 6.88. The van der Waals surface area contributed by atoms with E-state index in [0.29, 0.717) is 42.8 Å². The van der Waals surface area contributed by atoms with Gasteiger partial charge in [0, 0.05) is 19.2 Å². The Balaban J connectivity index is 1.73. The van der Waals surface area contributed by atoms with Crippen molar-refractivity contribution in [2.75, 3.05) is 31.3 Å². The first kappa shape index (κ1) is 23.3. The largest absolute Gasteiger partial charge is 0.490 e. The van der Waals surface area contributed by atoms with Gasteiger partial charge in [-0.2, -0.15) is 0 Å². The Morgan fingerprint density at radius 2 is 2.15 bits per heavy atom. The van der Waals surface area contributed by atoms with E-state index >= 15 is 0 Å². The summed E-state index contributed by atoms with van der Waals surface area (Å²) in [4.78, 5) is 11.6. The number of ether oxygens (including phenoxy) is 2. The molecular weight excluding hydrogens is 440 g/mol. The molecule has 0 bridgehead atoms. The van der Waals surface area contributed by atoms with Crippen LogP contribution in [0.4, 0.5) is 5.69 Å². The number of benzene rings is 2. The molecule has 3 atom stereocenters. The number of hydrogen-bond donors (Lipinski definition) is 2. The van der Waals surface area contributed by atoms with E-state index in [0.717, 1.165) is 11.1 Å². The van der Waals surface area contributed by atoms with Gasteiger partial charge in [0.25, 0.3) is 0 Å². The van der Waals surface area contributed by atoms with E-state index in [1.807, 2.05) is 18.2 Å². The number of carbonyl (C=O) groups excluding carboxylic acids is 1. The SMILES string of the molecule is C=C[C@H](CCS(=O)(=O)C1CCc2ccccc2C12CNc1cc(C(N)=O)ccc1OC2)OC. The molecule has 1 heterocycles. The maximum absolute atomic E-state index is 13.7. The van der Waals surface area contributed by atoms with Gasteiger partial charge in [0.05, 0.1) is 28.2 Å². The summed E-state index contributed by atoms with van der Waals surface area (Å²) >= 11 is 0. The van der Waals surface area contributed by atoms with Gasteiger partial charge in [0.15, 0.2) is 9.84 Å². The fourth-order valence-corrected chi connectivity index (χ4v) is 7.36. The molecule has 0 radical (unpaired) electrons. The molecule has 1 amide bonds. The second-order valence-corrected chi connectivity index (χ2v) is 11.0. The Hall–Kier alpha value is -2.84. The fourth-order valence-electron chi connectivity index (χ4n) is 5.08. The molecular formula is C25H30N2O5S. The Morgan fingerprint density at radius 3 is 2.88 bits per heavy atom. The minimum absolute atomic E-state index is 0.00484. The van der Waals surface area contributed by atoms with Crippen molar-refractivity contribution in [1.29, 1.82) is 0 Å². The average molecular weight is 471 g/mol. The Bertz CT molecular complexity index is 1160. The van der Waals surface area contributed by atoms with Crippen LogP contribution < -0.4 is 15.8 Å². The summed E-state index contributed by atoms with van der Waals surface area (Å²) in [5.74, 6) is 0.0457. The summed E-state index contributed by atoms with van der Waals surface area (Å²) in [6.07, 6.45) is 2.87. The number of rotatable bonds is 7. The Labute approximate surface area is 194 Å². The van der Waals surface area contributed by atoms with Crippen LogP contribution in [-0.4, -0.2) is 51.7 Å². The van der Waals surface area contributed by atoms with Crippen LogP contribution in [-0.2, 0) is 26.4 Å². The van der Waals surface area contributed by atoms with Crippen LogP contribution in [0.25, 0.3) is 0 Å². The zero-order valence-corrected chi connectivity index (χ0v) is 19.6. The molecule has 1 aliphatic heterocycles. The summed E-state index contributed by atoms with van der Waals surface area (Å²) in [7, 11) is -1.94. The molecule has 33 heavy (non-hydrogen) atoms. The number of nitrogens with one attached hydrogen (secondary N) is 1. The number of amides is 1. The van der Waals surface area contributed by atoms with E-state index in [1.165, 1.54) is 0 Å². The van der Waals surface area contributed by atoms with Crippen molar-refractivity contribution in [2.45, 2.75) is 36.0 Å². The Kier molecular flexibility index (Phi) is 6.50. The predicted octanol–water partition coefficient (Wildman–Crippen LogP) is 2.85.